The number of anilines is 3. The van der Waals surface area contributed by atoms with Gasteiger partial charge in [-0.15, -0.1) is 0 Å². The van der Waals surface area contributed by atoms with E-state index in [1.807, 2.05) is 0 Å². The van der Waals surface area contributed by atoms with Gasteiger partial charge in [-0.05, 0) is 13.8 Å². The van der Waals surface area contributed by atoms with Crippen molar-refractivity contribution in [3.05, 3.63) is 0 Å². The average Bonchev–Trinajstić information content (AvgIpc) is 2.36. The third-order valence-electron chi connectivity index (χ3n) is 2.51. The maximum absolute atomic E-state index is 9.59. The molecule has 1 aromatic rings. The Bertz CT molecular complexity index is 374. The molecule has 1 heterocycles. The van der Waals surface area contributed by atoms with Gasteiger partial charge < -0.3 is 36.5 Å². The molecule has 0 amide bonds. The van der Waals surface area contributed by atoms with E-state index in [1.54, 1.807) is 13.8 Å². The van der Waals surface area contributed by atoms with Crippen LogP contribution in [0, 0.1) is 0 Å². The molecule has 0 spiro atoms. The molecule has 0 aliphatic carbocycles. The van der Waals surface area contributed by atoms with Gasteiger partial charge in [-0.3, -0.25) is 0 Å². The van der Waals surface area contributed by atoms with E-state index in [0.717, 1.165) is 0 Å². The summed E-state index contributed by atoms with van der Waals surface area (Å²) >= 11 is 0. The molecule has 0 atom stereocenters. The maximum Gasteiger partial charge on any atom is 0.310 e. The van der Waals surface area contributed by atoms with Crippen LogP contribution in [0.2, 0.25) is 0 Å². The van der Waals surface area contributed by atoms with Crippen molar-refractivity contribution in [3.8, 4) is 0 Å². The molecule has 0 saturated heterocycles. The summed E-state index contributed by atoms with van der Waals surface area (Å²) in [5.41, 5.74) is 14.5. The first kappa shape index (κ1) is 18.2. The lowest BCUT2D eigenvalue weighted by atomic mass is 10.1. The zero-order chi connectivity index (χ0) is 16.0. The fourth-order valence-electron chi connectivity index (χ4n) is 1.13. The number of nitrogens with zero attached hydrogens (tertiary/aromatic N) is 3. The molecule has 116 valence electrons. The standard InChI is InChI=1S/C7H16O4.C3H6N6/c1-6(2,9-3)7(8,10-4)11-5;4-1-7-2(5)9-3(6)8-1/h8H,1-5H3;(H6,4,5,6,7,8,9). The quantitative estimate of drug-likeness (QED) is 0.503. The van der Waals surface area contributed by atoms with Crippen molar-refractivity contribution in [1.29, 1.82) is 0 Å². The van der Waals surface area contributed by atoms with Gasteiger partial charge in [0, 0.05) is 21.3 Å². The van der Waals surface area contributed by atoms with E-state index in [-0.39, 0.29) is 17.8 Å². The van der Waals surface area contributed by atoms with Crippen LogP contribution in [0.4, 0.5) is 17.8 Å². The molecule has 0 aromatic carbocycles. The van der Waals surface area contributed by atoms with Crippen molar-refractivity contribution in [2.75, 3.05) is 38.5 Å². The second-order valence-electron chi connectivity index (χ2n) is 4.11. The minimum atomic E-state index is -1.69. The summed E-state index contributed by atoms with van der Waals surface area (Å²) in [5.74, 6) is -1.57. The highest BCUT2D eigenvalue weighted by Gasteiger charge is 2.45. The first-order valence-corrected chi connectivity index (χ1v) is 5.52. The predicted molar refractivity (Wildman–Crippen MR) is 73.1 cm³/mol. The predicted octanol–water partition coefficient (Wildman–Crippen LogP) is -1.03. The molecule has 0 bridgehead atoms. The largest absolute Gasteiger partial charge is 0.370 e. The number of methoxy groups -OCH3 is 3. The van der Waals surface area contributed by atoms with Gasteiger partial charge in [-0.1, -0.05) is 0 Å². The molecule has 1 rings (SSSR count). The van der Waals surface area contributed by atoms with E-state index < -0.39 is 11.6 Å². The molecular weight excluding hydrogens is 268 g/mol. The van der Waals surface area contributed by atoms with E-state index in [1.165, 1.54) is 21.3 Å². The molecule has 0 radical (unpaired) electrons. The van der Waals surface area contributed by atoms with E-state index in [2.05, 4.69) is 15.0 Å². The van der Waals surface area contributed by atoms with Crippen LogP contribution in [0.3, 0.4) is 0 Å². The minimum absolute atomic E-state index is 0.0417. The number of hydrogen-bond donors (Lipinski definition) is 4. The topological polar surface area (TPSA) is 165 Å². The third-order valence-corrected chi connectivity index (χ3v) is 2.51. The summed E-state index contributed by atoms with van der Waals surface area (Å²) in [5, 5.41) is 9.59. The van der Waals surface area contributed by atoms with Crippen LogP contribution in [0.25, 0.3) is 0 Å². The molecule has 0 saturated carbocycles. The molecule has 0 fully saturated rings. The summed E-state index contributed by atoms with van der Waals surface area (Å²) in [4.78, 5) is 10.5. The highest BCUT2D eigenvalue weighted by atomic mass is 16.8. The van der Waals surface area contributed by atoms with Crippen LogP contribution >= 0.6 is 0 Å². The van der Waals surface area contributed by atoms with Gasteiger partial charge in [-0.25, -0.2) is 0 Å². The van der Waals surface area contributed by atoms with Gasteiger partial charge >= 0.3 is 5.97 Å². The molecule has 0 unspecified atom stereocenters. The van der Waals surface area contributed by atoms with Gasteiger partial charge in [0.2, 0.25) is 17.8 Å². The highest BCUT2D eigenvalue weighted by Crippen LogP contribution is 2.26. The molecule has 10 heteroatoms. The van der Waals surface area contributed by atoms with Crippen molar-refractivity contribution in [2.45, 2.75) is 25.4 Å². The van der Waals surface area contributed by atoms with Crippen molar-refractivity contribution in [1.82, 2.24) is 15.0 Å². The molecular formula is C10H22N6O4. The van der Waals surface area contributed by atoms with Crippen molar-refractivity contribution < 1.29 is 19.3 Å². The second kappa shape index (κ2) is 7.14. The van der Waals surface area contributed by atoms with Crippen LogP contribution in [-0.2, 0) is 14.2 Å². The summed E-state index contributed by atoms with van der Waals surface area (Å²) in [7, 11) is 4.18. The summed E-state index contributed by atoms with van der Waals surface area (Å²) in [6.45, 7) is 3.33. The lowest BCUT2D eigenvalue weighted by Crippen LogP contribution is -2.54. The Kier molecular flexibility index (Phi) is 6.52. The van der Waals surface area contributed by atoms with Crippen LogP contribution < -0.4 is 17.2 Å². The number of nitrogens with two attached hydrogens (primary N) is 3. The van der Waals surface area contributed by atoms with Gasteiger partial charge in [0.1, 0.15) is 5.60 Å². The Morgan fingerprint density at radius 1 is 0.800 bits per heavy atom. The lowest BCUT2D eigenvalue weighted by molar-refractivity contribution is -0.406. The zero-order valence-corrected chi connectivity index (χ0v) is 12.2. The minimum Gasteiger partial charge on any atom is -0.370 e. The Balaban J connectivity index is 0.000000367. The van der Waals surface area contributed by atoms with Crippen LogP contribution in [0.15, 0.2) is 0 Å². The van der Waals surface area contributed by atoms with Crippen LogP contribution in [0.1, 0.15) is 13.8 Å². The number of nitrogen functional groups attached to an aromatic ring is 3. The third kappa shape index (κ3) is 4.74. The Hall–Kier alpha value is -1.75. The fourth-order valence-corrected chi connectivity index (χ4v) is 1.13. The smallest absolute Gasteiger partial charge is 0.310 e. The Labute approximate surface area is 117 Å². The molecule has 1 aromatic heterocycles. The number of hydrogen-bond acceptors (Lipinski definition) is 10. The summed E-state index contributed by atoms with van der Waals surface area (Å²) in [6, 6.07) is 0. The first-order chi connectivity index (χ1) is 9.11. The maximum atomic E-state index is 9.59. The Morgan fingerprint density at radius 2 is 1.10 bits per heavy atom. The van der Waals surface area contributed by atoms with Crippen molar-refractivity contribution in [2.24, 2.45) is 0 Å². The van der Waals surface area contributed by atoms with E-state index >= 15 is 0 Å². The monoisotopic (exact) mass is 290 g/mol. The van der Waals surface area contributed by atoms with Gasteiger partial charge in [0.05, 0.1) is 0 Å². The summed E-state index contributed by atoms with van der Waals surface area (Å²) in [6.07, 6.45) is 0. The Morgan fingerprint density at radius 3 is 1.25 bits per heavy atom. The number of ether oxygens (including phenoxy) is 3. The summed E-state index contributed by atoms with van der Waals surface area (Å²) < 4.78 is 14.5. The SMILES string of the molecule is COC(C)(C)C(O)(OC)OC.Nc1nc(N)nc(N)n1. The number of aromatic nitrogens is 3. The molecule has 10 nitrogen and oxygen atoms in total. The van der Waals surface area contributed by atoms with Crippen LogP contribution in [0.5, 0.6) is 0 Å². The average molecular weight is 290 g/mol. The van der Waals surface area contributed by atoms with Gasteiger partial charge in [0.25, 0.3) is 0 Å². The van der Waals surface area contributed by atoms with Gasteiger partial charge in [-0.2, -0.15) is 15.0 Å². The number of rotatable bonds is 4. The first-order valence-electron chi connectivity index (χ1n) is 5.52. The second-order valence-corrected chi connectivity index (χ2v) is 4.11. The molecule has 7 N–H and O–H groups in total. The van der Waals surface area contributed by atoms with Gasteiger partial charge in [0.15, 0.2) is 0 Å². The molecule has 20 heavy (non-hydrogen) atoms. The normalized spacial score (nSPS) is 11.7. The molecule has 0 aliphatic rings. The highest BCUT2D eigenvalue weighted by molar-refractivity contribution is 5.33. The van der Waals surface area contributed by atoms with E-state index in [9.17, 15) is 5.11 Å². The zero-order valence-electron chi connectivity index (χ0n) is 12.2. The van der Waals surface area contributed by atoms with E-state index in [0.29, 0.717) is 0 Å². The lowest BCUT2D eigenvalue weighted by Gasteiger charge is -2.37. The van der Waals surface area contributed by atoms with E-state index in [4.69, 9.17) is 31.4 Å². The molecule has 0 aliphatic heterocycles. The van der Waals surface area contributed by atoms with Crippen molar-refractivity contribution >= 4 is 17.8 Å². The van der Waals surface area contributed by atoms with Crippen molar-refractivity contribution in [3.63, 3.8) is 0 Å². The van der Waals surface area contributed by atoms with Crippen LogP contribution in [-0.4, -0.2) is 53.0 Å². The fraction of sp³-hybridized carbons (Fsp3) is 0.700. The number of aliphatic hydroxyl groups is 1.